The van der Waals surface area contributed by atoms with Crippen LogP contribution in [0.3, 0.4) is 0 Å². The maximum atomic E-state index is 12.0. The Morgan fingerprint density at radius 3 is 2.21 bits per heavy atom. The Morgan fingerprint density at radius 1 is 1.21 bits per heavy atom. The van der Waals surface area contributed by atoms with Gasteiger partial charge in [0, 0.05) is 20.0 Å². The Balaban J connectivity index is 4.36. The van der Waals surface area contributed by atoms with Gasteiger partial charge in [-0.05, 0) is 12.8 Å². The van der Waals surface area contributed by atoms with Gasteiger partial charge in [0.2, 0.25) is 5.91 Å². The lowest BCUT2D eigenvalue weighted by atomic mass is 9.79. The Morgan fingerprint density at radius 2 is 1.79 bits per heavy atom. The lowest BCUT2D eigenvalue weighted by Crippen LogP contribution is -2.39. The second kappa shape index (κ2) is 8.87. The summed E-state index contributed by atoms with van der Waals surface area (Å²) in [6.45, 7) is 4.49. The Kier molecular flexibility index (Phi) is 8.34. The largest absolute Gasteiger partial charge is 0.481 e. The van der Waals surface area contributed by atoms with Gasteiger partial charge in [-0.25, -0.2) is 0 Å². The summed E-state index contributed by atoms with van der Waals surface area (Å²) in [4.78, 5) is 24.8. The molecular formula is C13H25NO5. The predicted octanol–water partition coefficient (Wildman–Crippen LogP) is 0.735. The van der Waals surface area contributed by atoms with Crippen molar-refractivity contribution in [3.8, 4) is 0 Å². The zero-order chi connectivity index (χ0) is 14.9. The Hall–Kier alpha value is -1.14. The number of carbonyl (C=O) groups excluding carboxylic acids is 1. The van der Waals surface area contributed by atoms with E-state index in [0.29, 0.717) is 26.0 Å². The third-order valence-corrected chi connectivity index (χ3v) is 3.53. The fraction of sp³-hybridized carbons (Fsp3) is 0.846. The maximum absolute atomic E-state index is 12.0. The Bertz CT molecular complexity index is 289. The number of rotatable bonds is 10. The van der Waals surface area contributed by atoms with Gasteiger partial charge < -0.3 is 19.8 Å². The highest BCUT2D eigenvalue weighted by atomic mass is 16.5. The smallest absolute Gasteiger partial charge is 0.310 e. The van der Waals surface area contributed by atoms with E-state index in [-0.39, 0.29) is 25.5 Å². The van der Waals surface area contributed by atoms with Gasteiger partial charge in [-0.3, -0.25) is 9.59 Å². The van der Waals surface area contributed by atoms with Crippen LogP contribution in [0.5, 0.6) is 0 Å². The van der Waals surface area contributed by atoms with Gasteiger partial charge in [0.25, 0.3) is 0 Å². The van der Waals surface area contributed by atoms with Crippen molar-refractivity contribution >= 4 is 11.9 Å². The molecule has 0 aliphatic heterocycles. The zero-order valence-corrected chi connectivity index (χ0v) is 12.0. The average molecular weight is 275 g/mol. The van der Waals surface area contributed by atoms with Crippen LogP contribution in [0.15, 0.2) is 0 Å². The topological polar surface area (TPSA) is 87.1 Å². The van der Waals surface area contributed by atoms with Crippen molar-refractivity contribution in [1.29, 1.82) is 0 Å². The molecule has 0 saturated heterocycles. The van der Waals surface area contributed by atoms with E-state index in [1.165, 1.54) is 4.90 Å². The summed E-state index contributed by atoms with van der Waals surface area (Å²) in [5, 5.41) is 17.8. The molecule has 0 unspecified atom stereocenters. The van der Waals surface area contributed by atoms with E-state index in [2.05, 4.69) is 0 Å². The van der Waals surface area contributed by atoms with Crippen LogP contribution in [0.4, 0.5) is 0 Å². The first kappa shape index (κ1) is 17.9. The summed E-state index contributed by atoms with van der Waals surface area (Å²) in [6.07, 6.45) is 0.866. The molecule has 6 nitrogen and oxygen atoms in total. The second-order valence-electron chi connectivity index (χ2n) is 4.62. The molecule has 0 radical (unpaired) electrons. The lowest BCUT2D eigenvalue weighted by Gasteiger charge is -2.28. The average Bonchev–Trinajstić information content (AvgIpc) is 2.40. The summed E-state index contributed by atoms with van der Waals surface area (Å²) in [5.41, 5.74) is -0.975. The summed E-state index contributed by atoms with van der Waals surface area (Å²) in [5.74, 6) is -1.12. The van der Waals surface area contributed by atoms with Crippen LogP contribution < -0.4 is 0 Å². The molecule has 19 heavy (non-hydrogen) atoms. The molecule has 0 heterocycles. The van der Waals surface area contributed by atoms with E-state index in [1.54, 1.807) is 20.9 Å². The molecule has 0 rings (SSSR count). The van der Waals surface area contributed by atoms with Crippen molar-refractivity contribution in [1.82, 2.24) is 4.90 Å². The van der Waals surface area contributed by atoms with Gasteiger partial charge >= 0.3 is 5.97 Å². The third-order valence-electron chi connectivity index (χ3n) is 3.53. The molecule has 2 N–H and O–H groups in total. The summed E-state index contributed by atoms with van der Waals surface area (Å²) in [7, 11) is 1.63. The number of likely N-dealkylation sites (N-methyl/N-ethyl adjacent to an activating group) is 1. The minimum Gasteiger partial charge on any atom is -0.481 e. The summed E-state index contributed by atoms with van der Waals surface area (Å²) in [6, 6.07) is 0. The molecule has 6 heteroatoms. The molecule has 0 spiro atoms. The zero-order valence-electron chi connectivity index (χ0n) is 12.0. The Labute approximate surface area is 114 Å². The fourth-order valence-corrected chi connectivity index (χ4v) is 1.80. The molecule has 0 fully saturated rings. The van der Waals surface area contributed by atoms with Crippen molar-refractivity contribution in [2.45, 2.75) is 33.1 Å². The van der Waals surface area contributed by atoms with Gasteiger partial charge in [0.05, 0.1) is 25.2 Å². The van der Waals surface area contributed by atoms with Crippen molar-refractivity contribution < 1.29 is 24.5 Å². The van der Waals surface area contributed by atoms with E-state index in [0.717, 1.165) is 0 Å². The van der Waals surface area contributed by atoms with Crippen LogP contribution in [0.1, 0.15) is 33.1 Å². The SMILES string of the molecule is CCC(CC)(CC(=O)N(C)CCOCCO)C(=O)O. The van der Waals surface area contributed by atoms with Crippen molar-refractivity contribution in [2.24, 2.45) is 5.41 Å². The van der Waals surface area contributed by atoms with Crippen LogP contribution in [0.2, 0.25) is 0 Å². The number of aliphatic hydroxyl groups is 1. The van der Waals surface area contributed by atoms with Gasteiger partial charge in [0.15, 0.2) is 0 Å². The quantitative estimate of drug-likeness (QED) is 0.574. The first-order chi connectivity index (χ1) is 8.93. The van der Waals surface area contributed by atoms with Crippen LogP contribution in [-0.4, -0.2) is 60.4 Å². The molecule has 0 aliphatic rings. The first-order valence-corrected chi connectivity index (χ1v) is 6.59. The molecule has 112 valence electrons. The number of carbonyl (C=O) groups is 2. The second-order valence-corrected chi connectivity index (χ2v) is 4.62. The lowest BCUT2D eigenvalue weighted by molar-refractivity contribution is -0.154. The number of hydrogen-bond acceptors (Lipinski definition) is 4. The molecule has 0 aromatic carbocycles. The summed E-state index contributed by atoms with van der Waals surface area (Å²) >= 11 is 0. The number of nitrogens with zero attached hydrogens (tertiary/aromatic N) is 1. The highest BCUT2D eigenvalue weighted by molar-refractivity contribution is 5.84. The standard InChI is InChI=1S/C13H25NO5/c1-4-13(5-2,12(17)18)10-11(16)14(3)6-8-19-9-7-15/h15H,4-10H2,1-3H3,(H,17,18). The van der Waals surface area contributed by atoms with E-state index in [1.807, 2.05) is 0 Å². The minimum atomic E-state index is -0.975. The van der Waals surface area contributed by atoms with Crippen LogP contribution in [-0.2, 0) is 14.3 Å². The molecule has 0 aliphatic carbocycles. The van der Waals surface area contributed by atoms with Crippen molar-refractivity contribution in [2.75, 3.05) is 33.4 Å². The number of aliphatic carboxylic acids is 1. The van der Waals surface area contributed by atoms with Gasteiger partial charge in [-0.1, -0.05) is 13.8 Å². The first-order valence-electron chi connectivity index (χ1n) is 6.59. The van der Waals surface area contributed by atoms with Gasteiger partial charge in [0.1, 0.15) is 0 Å². The van der Waals surface area contributed by atoms with E-state index < -0.39 is 11.4 Å². The van der Waals surface area contributed by atoms with Gasteiger partial charge in [-0.2, -0.15) is 0 Å². The molecule has 0 aromatic rings. The van der Waals surface area contributed by atoms with Crippen molar-refractivity contribution in [3.05, 3.63) is 0 Å². The number of carboxylic acids is 1. The van der Waals surface area contributed by atoms with Gasteiger partial charge in [-0.15, -0.1) is 0 Å². The highest BCUT2D eigenvalue weighted by Gasteiger charge is 2.37. The monoisotopic (exact) mass is 275 g/mol. The number of ether oxygens (including phenoxy) is 1. The molecule has 0 atom stereocenters. The van der Waals surface area contributed by atoms with Crippen molar-refractivity contribution in [3.63, 3.8) is 0 Å². The minimum absolute atomic E-state index is 0.00579. The predicted molar refractivity (Wildman–Crippen MR) is 70.8 cm³/mol. The number of aliphatic hydroxyl groups excluding tert-OH is 1. The third kappa shape index (κ3) is 5.57. The maximum Gasteiger partial charge on any atom is 0.310 e. The number of carboxylic acid groups (broad SMARTS) is 1. The van der Waals surface area contributed by atoms with Crippen LogP contribution in [0, 0.1) is 5.41 Å². The van der Waals surface area contributed by atoms with Crippen LogP contribution >= 0.6 is 0 Å². The molecule has 1 amide bonds. The fourth-order valence-electron chi connectivity index (χ4n) is 1.80. The highest BCUT2D eigenvalue weighted by Crippen LogP contribution is 2.31. The number of amides is 1. The molecule has 0 saturated carbocycles. The normalized spacial score (nSPS) is 11.4. The van der Waals surface area contributed by atoms with Crippen LogP contribution in [0.25, 0.3) is 0 Å². The summed E-state index contributed by atoms with van der Waals surface area (Å²) < 4.78 is 5.07. The molecule has 0 aromatic heterocycles. The van der Waals surface area contributed by atoms with E-state index >= 15 is 0 Å². The van der Waals surface area contributed by atoms with E-state index in [9.17, 15) is 14.7 Å². The molecular weight excluding hydrogens is 250 g/mol. The van der Waals surface area contributed by atoms with E-state index in [4.69, 9.17) is 9.84 Å². The number of hydrogen-bond donors (Lipinski definition) is 2. The molecule has 0 bridgehead atoms.